The lowest BCUT2D eigenvalue weighted by Gasteiger charge is -2.32. The first kappa shape index (κ1) is 29.5. The van der Waals surface area contributed by atoms with E-state index in [-0.39, 0.29) is 43.4 Å². The van der Waals surface area contributed by atoms with Crippen LogP contribution in [-0.4, -0.2) is 49.5 Å². The molecule has 36 heavy (non-hydrogen) atoms. The van der Waals surface area contributed by atoms with E-state index in [1.54, 1.807) is 31.2 Å². The van der Waals surface area contributed by atoms with E-state index in [4.69, 9.17) is 11.6 Å². The minimum Gasteiger partial charge on any atom is -0.350 e. The van der Waals surface area contributed by atoms with Crippen molar-refractivity contribution in [2.24, 2.45) is 0 Å². The summed E-state index contributed by atoms with van der Waals surface area (Å²) in [6, 6.07) is 8.88. The van der Waals surface area contributed by atoms with Crippen LogP contribution in [-0.2, 0) is 26.2 Å². The summed E-state index contributed by atoms with van der Waals surface area (Å²) in [4.78, 5) is 27.5. The van der Waals surface area contributed by atoms with Crippen molar-refractivity contribution >= 4 is 39.1 Å². The number of sulfonamides is 1. The molecule has 0 fully saturated rings. The second kappa shape index (κ2) is 12.0. The molecule has 1 N–H and O–H groups in total. The third kappa shape index (κ3) is 8.74. The number of rotatable bonds is 10. The van der Waals surface area contributed by atoms with Crippen LogP contribution in [0.4, 0.5) is 14.5 Å². The maximum absolute atomic E-state index is 13.7. The minimum atomic E-state index is -3.83. The van der Waals surface area contributed by atoms with Gasteiger partial charge in [0.05, 0.1) is 11.9 Å². The first-order valence-electron chi connectivity index (χ1n) is 11.4. The number of hydrogen-bond donors (Lipinski definition) is 1. The van der Waals surface area contributed by atoms with Crippen molar-refractivity contribution in [2.45, 2.75) is 58.7 Å². The molecule has 2 aromatic rings. The molecular formula is C25H32ClF2N3O4S. The number of benzene rings is 2. The lowest BCUT2D eigenvalue weighted by atomic mass is 10.1. The molecule has 0 bridgehead atoms. The van der Waals surface area contributed by atoms with Crippen molar-refractivity contribution in [2.75, 3.05) is 17.1 Å². The molecule has 0 heterocycles. The Balaban J connectivity index is 2.20. The molecule has 0 aliphatic carbocycles. The minimum absolute atomic E-state index is 0.0419. The van der Waals surface area contributed by atoms with Gasteiger partial charge in [0.2, 0.25) is 21.8 Å². The molecular weight excluding hydrogens is 512 g/mol. The second-order valence-corrected chi connectivity index (χ2v) is 11.9. The van der Waals surface area contributed by atoms with Gasteiger partial charge in [-0.3, -0.25) is 13.9 Å². The lowest BCUT2D eigenvalue weighted by molar-refractivity contribution is -0.141. The zero-order valence-corrected chi connectivity index (χ0v) is 22.6. The van der Waals surface area contributed by atoms with Crippen LogP contribution in [0.1, 0.15) is 46.1 Å². The highest BCUT2D eigenvalue weighted by molar-refractivity contribution is 7.92. The van der Waals surface area contributed by atoms with Crippen LogP contribution < -0.4 is 9.62 Å². The van der Waals surface area contributed by atoms with Gasteiger partial charge in [-0.2, -0.15) is 0 Å². The highest BCUT2D eigenvalue weighted by atomic mass is 35.5. The Bertz CT molecular complexity index is 1180. The van der Waals surface area contributed by atoms with Crippen LogP contribution >= 0.6 is 11.6 Å². The van der Waals surface area contributed by atoms with Crippen molar-refractivity contribution in [1.82, 2.24) is 10.2 Å². The summed E-state index contributed by atoms with van der Waals surface area (Å²) in [5, 5.41) is 3.40. The summed E-state index contributed by atoms with van der Waals surface area (Å²) in [6.07, 6.45) is 0.966. The van der Waals surface area contributed by atoms with Gasteiger partial charge in [0.15, 0.2) is 11.6 Å². The summed E-state index contributed by atoms with van der Waals surface area (Å²) in [5.74, 6) is -2.96. The predicted octanol–water partition coefficient (Wildman–Crippen LogP) is 4.50. The highest BCUT2D eigenvalue weighted by Gasteiger charge is 2.28. The summed E-state index contributed by atoms with van der Waals surface area (Å²) in [5.41, 5.74) is 0.225. The summed E-state index contributed by atoms with van der Waals surface area (Å²) in [7, 11) is -3.83. The van der Waals surface area contributed by atoms with Crippen molar-refractivity contribution in [1.29, 1.82) is 0 Å². The number of nitrogens with one attached hydrogen (secondary N) is 1. The third-order valence-corrected chi connectivity index (χ3v) is 6.72. The predicted molar refractivity (Wildman–Crippen MR) is 137 cm³/mol. The van der Waals surface area contributed by atoms with Crippen molar-refractivity contribution in [3.63, 3.8) is 0 Å². The Morgan fingerprint density at radius 2 is 1.67 bits per heavy atom. The third-order valence-electron chi connectivity index (χ3n) is 5.28. The average molecular weight is 544 g/mol. The van der Waals surface area contributed by atoms with Gasteiger partial charge in [-0.1, -0.05) is 23.7 Å². The normalized spacial score (nSPS) is 12.7. The first-order valence-corrected chi connectivity index (χ1v) is 13.6. The maximum Gasteiger partial charge on any atom is 0.242 e. The topological polar surface area (TPSA) is 86.8 Å². The van der Waals surface area contributed by atoms with Gasteiger partial charge < -0.3 is 10.2 Å². The van der Waals surface area contributed by atoms with E-state index >= 15 is 0 Å². The Hall–Kier alpha value is -2.72. The van der Waals surface area contributed by atoms with Crippen molar-refractivity contribution in [3.05, 3.63) is 64.7 Å². The largest absolute Gasteiger partial charge is 0.350 e. The molecule has 0 saturated heterocycles. The number of hydrogen-bond acceptors (Lipinski definition) is 4. The Labute approximate surface area is 216 Å². The number of amides is 2. The number of halogens is 3. The molecule has 1 atom stereocenters. The second-order valence-electron chi connectivity index (χ2n) is 9.60. The van der Waals surface area contributed by atoms with Crippen LogP contribution in [0.25, 0.3) is 0 Å². The van der Waals surface area contributed by atoms with E-state index in [1.807, 2.05) is 20.8 Å². The molecule has 0 radical (unpaired) electrons. The Kier molecular flexibility index (Phi) is 9.85. The fourth-order valence-corrected chi connectivity index (χ4v) is 4.57. The van der Waals surface area contributed by atoms with Crippen molar-refractivity contribution < 1.29 is 26.8 Å². The summed E-state index contributed by atoms with van der Waals surface area (Å²) >= 11 is 5.96. The zero-order chi connectivity index (χ0) is 27.3. The van der Waals surface area contributed by atoms with Crippen LogP contribution in [0.5, 0.6) is 0 Å². The molecule has 0 aromatic heterocycles. The molecule has 0 aliphatic rings. The molecule has 2 amide bonds. The van der Waals surface area contributed by atoms with Gasteiger partial charge in [0, 0.05) is 36.1 Å². The SMILES string of the molecule is C[C@H](C(=O)NC(C)(C)C)N(Cc1ccc(Cl)cc1)C(=O)CCCN(c1ccc(F)c(F)c1)S(C)(=O)=O. The molecule has 0 spiro atoms. The molecule has 2 aromatic carbocycles. The van der Waals surface area contributed by atoms with Gasteiger partial charge in [0.1, 0.15) is 6.04 Å². The zero-order valence-electron chi connectivity index (χ0n) is 21.0. The van der Waals surface area contributed by atoms with E-state index in [0.717, 1.165) is 34.3 Å². The van der Waals surface area contributed by atoms with Gasteiger partial charge in [-0.25, -0.2) is 17.2 Å². The highest BCUT2D eigenvalue weighted by Crippen LogP contribution is 2.22. The first-order chi connectivity index (χ1) is 16.6. The van der Waals surface area contributed by atoms with Gasteiger partial charge in [-0.15, -0.1) is 0 Å². The Morgan fingerprint density at radius 1 is 1.06 bits per heavy atom. The number of anilines is 1. The van der Waals surface area contributed by atoms with Crippen LogP contribution in [0.15, 0.2) is 42.5 Å². The molecule has 11 heteroatoms. The maximum atomic E-state index is 13.7. The molecule has 0 unspecified atom stereocenters. The Morgan fingerprint density at radius 3 is 2.19 bits per heavy atom. The standard InChI is InChI=1S/C25H32ClF2N3O4S/c1-17(24(33)29-25(2,3)4)30(16-18-8-10-19(26)11-9-18)23(32)7-6-14-31(36(5,34)35)20-12-13-21(27)22(28)15-20/h8-13,15,17H,6-7,14,16H2,1-5H3,(H,29,33)/t17-/m1/s1. The van der Waals surface area contributed by atoms with Crippen LogP contribution in [0.2, 0.25) is 5.02 Å². The average Bonchev–Trinajstić information content (AvgIpc) is 2.75. The molecule has 7 nitrogen and oxygen atoms in total. The van der Waals surface area contributed by atoms with E-state index in [1.165, 1.54) is 4.90 Å². The fourth-order valence-electron chi connectivity index (χ4n) is 3.49. The van der Waals surface area contributed by atoms with Crippen molar-refractivity contribution in [3.8, 4) is 0 Å². The van der Waals surface area contributed by atoms with E-state index < -0.39 is 33.2 Å². The summed E-state index contributed by atoms with van der Waals surface area (Å²) < 4.78 is 52.5. The molecule has 0 saturated carbocycles. The van der Waals surface area contributed by atoms with E-state index in [9.17, 15) is 26.8 Å². The quantitative estimate of drug-likeness (QED) is 0.478. The number of carbonyl (C=O) groups is 2. The molecule has 0 aliphatic heterocycles. The van der Waals surface area contributed by atoms with Gasteiger partial charge in [0.25, 0.3) is 0 Å². The smallest absolute Gasteiger partial charge is 0.242 e. The summed E-state index contributed by atoms with van der Waals surface area (Å²) in [6.45, 7) is 7.14. The van der Waals surface area contributed by atoms with Crippen LogP contribution in [0.3, 0.4) is 0 Å². The number of carbonyl (C=O) groups excluding carboxylic acids is 2. The monoisotopic (exact) mass is 543 g/mol. The van der Waals surface area contributed by atoms with E-state index in [0.29, 0.717) is 5.02 Å². The van der Waals surface area contributed by atoms with Crippen LogP contribution in [0, 0.1) is 11.6 Å². The molecule has 2 rings (SSSR count). The lowest BCUT2D eigenvalue weighted by Crippen LogP contribution is -2.52. The van der Waals surface area contributed by atoms with Gasteiger partial charge in [-0.05, 0) is 63.9 Å². The van der Waals surface area contributed by atoms with Gasteiger partial charge >= 0.3 is 0 Å². The molecule has 198 valence electrons. The number of nitrogens with zero attached hydrogens (tertiary/aromatic N) is 2. The fraction of sp³-hybridized carbons (Fsp3) is 0.440. The van der Waals surface area contributed by atoms with E-state index in [2.05, 4.69) is 5.32 Å².